The number of ether oxygens (including phenoxy) is 1. The number of rotatable bonds is 2. The fourth-order valence-corrected chi connectivity index (χ4v) is 1.11. The van der Waals surface area contributed by atoms with E-state index < -0.39 is 35.4 Å². The van der Waals surface area contributed by atoms with Gasteiger partial charge in [0, 0.05) is 6.20 Å². The van der Waals surface area contributed by atoms with Gasteiger partial charge in [0.2, 0.25) is 0 Å². The van der Waals surface area contributed by atoms with Crippen molar-refractivity contribution in [2.45, 2.75) is 12.6 Å². The normalized spacial score (nSPS) is 11.9. The number of pyridine rings is 1. The van der Waals surface area contributed by atoms with Gasteiger partial charge in [0.05, 0.1) is 12.7 Å². The van der Waals surface area contributed by atoms with Crippen LogP contribution in [0.3, 0.4) is 0 Å². The first kappa shape index (κ1) is 12.5. The van der Waals surface area contributed by atoms with Gasteiger partial charge >= 0.3 is 6.18 Å². The van der Waals surface area contributed by atoms with Crippen molar-refractivity contribution in [3.8, 4) is 11.6 Å². The highest BCUT2D eigenvalue weighted by atomic mass is 19.4. The SMILES string of the molecule is COc1ncc(C(F)F)c(C(F)(F)F)c1O. The predicted molar refractivity (Wildman–Crippen MR) is 42.4 cm³/mol. The van der Waals surface area contributed by atoms with Gasteiger partial charge in [-0.05, 0) is 0 Å². The van der Waals surface area contributed by atoms with E-state index >= 15 is 0 Å². The summed E-state index contributed by atoms with van der Waals surface area (Å²) in [6, 6.07) is 0. The Kier molecular flexibility index (Phi) is 3.20. The van der Waals surface area contributed by atoms with Crippen molar-refractivity contribution in [2.24, 2.45) is 0 Å². The fraction of sp³-hybridized carbons (Fsp3) is 0.375. The molecule has 90 valence electrons. The zero-order valence-electron chi connectivity index (χ0n) is 7.85. The molecule has 8 heteroatoms. The van der Waals surface area contributed by atoms with Crippen LogP contribution in [0.2, 0.25) is 0 Å². The van der Waals surface area contributed by atoms with E-state index in [-0.39, 0.29) is 0 Å². The lowest BCUT2D eigenvalue weighted by molar-refractivity contribution is -0.141. The number of halogens is 5. The Bertz CT molecular complexity index is 391. The smallest absolute Gasteiger partial charge is 0.420 e. The molecule has 0 fully saturated rings. The van der Waals surface area contributed by atoms with E-state index in [0.29, 0.717) is 6.20 Å². The van der Waals surface area contributed by atoms with Gasteiger partial charge < -0.3 is 9.84 Å². The van der Waals surface area contributed by atoms with Crippen molar-refractivity contribution in [3.63, 3.8) is 0 Å². The lowest BCUT2D eigenvalue weighted by Gasteiger charge is -2.14. The minimum Gasteiger partial charge on any atom is -0.503 e. The van der Waals surface area contributed by atoms with Crippen molar-refractivity contribution in [1.82, 2.24) is 4.98 Å². The Morgan fingerprint density at radius 2 is 1.94 bits per heavy atom. The highest BCUT2D eigenvalue weighted by Gasteiger charge is 2.40. The quantitative estimate of drug-likeness (QED) is 0.812. The average molecular weight is 243 g/mol. The molecular weight excluding hydrogens is 237 g/mol. The predicted octanol–water partition coefficient (Wildman–Crippen LogP) is 2.75. The molecule has 1 rings (SSSR count). The summed E-state index contributed by atoms with van der Waals surface area (Å²) in [5.74, 6) is -2.19. The second-order valence-electron chi connectivity index (χ2n) is 2.74. The maximum absolute atomic E-state index is 12.4. The average Bonchev–Trinajstić information content (AvgIpc) is 2.14. The summed E-state index contributed by atoms with van der Waals surface area (Å²) in [7, 11) is 0.963. The van der Waals surface area contributed by atoms with Crippen LogP contribution in [0.1, 0.15) is 17.6 Å². The van der Waals surface area contributed by atoms with Crippen LogP contribution in [0.4, 0.5) is 22.0 Å². The first-order valence-electron chi connectivity index (χ1n) is 3.90. The third-order valence-electron chi connectivity index (χ3n) is 1.76. The van der Waals surface area contributed by atoms with Crippen LogP contribution in [0.15, 0.2) is 6.20 Å². The van der Waals surface area contributed by atoms with Gasteiger partial charge in [0.15, 0.2) is 5.75 Å². The number of nitrogens with zero attached hydrogens (tertiary/aromatic N) is 1. The van der Waals surface area contributed by atoms with Crippen LogP contribution in [0, 0.1) is 0 Å². The van der Waals surface area contributed by atoms with Crippen LogP contribution in [0.5, 0.6) is 11.6 Å². The van der Waals surface area contributed by atoms with E-state index in [1.165, 1.54) is 0 Å². The van der Waals surface area contributed by atoms with E-state index in [1.807, 2.05) is 0 Å². The summed E-state index contributed by atoms with van der Waals surface area (Å²) in [4.78, 5) is 3.14. The number of aromatic nitrogens is 1. The van der Waals surface area contributed by atoms with Crippen molar-refractivity contribution in [3.05, 3.63) is 17.3 Å². The van der Waals surface area contributed by atoms with Gasteiger partial charge in [0.1, 0.15) is 5.56 Å². The Morgan fingerprint density at radius 3 is 2.31 bits per heavy atom. The maximum atomic E-state index is 12.4. The standard InChI is InChI=1S/C8H6F5NO2/c1-16-7-5(15)4(8(11,12)13)3(2-14-7)6(9)10/h2,6,15H,1H3. The molecule has 1 aromatic rings. The molecular formula is C8H6F5NO2. The summed E-state index contributed by atoms with van der Waals surface area (Å²) in [5, 5.41) is 9.11. The van der Waals surface area contributed by atoms with E-state index in [1.54, 1.807) is 0 Å². The summed E-state index contributed by atoms with van der Waals surface area (Å²) in [6.45, 7) is 0. The molecule has 0 unspecified atom stereocenters. The van der Waals surface area contributed by atoms with Crippen LogP contribution in [-0.2, 0) is 6.18 Å². The second-order valence-corrected chi connectivity index (χ2v) is 2.74. The van der Waals surface area contributed by atoms with E-state index in [9.17, 15) is 22.0 Å². The summed E-state index contributed by atoms with van der Waals surface area (Å²) in [6.07, 6.45) is -8.17. The van der Waals surface area contributed by atoms with Gasteiger partial charge in [-0.25, -0.2) is 13.8 Å². The summed E-state index contributed by atoms with van der Waals surface area (Å²) < 4.78 is 66.1. The molecule has 0 aliphatic carbocycles. The molecule has 1 aromatic heterocycles. The van der Waals surface area contributed by atoms with E-state index in [0.717, 1.165) is 7.11 Å². The minimum atomic E-state index is -5.11. The molecule has 16 heavy (non-hydrogen) atoms. The van der Waals surface area contributed by atoms with Crippen molar-refractivity contribution < 1.29 is 31.8 Å². The Labute approximate surface area is 86.5 Å². The third-order valence-corrected chi connectivity index (χ3v) is 1.76. The Hall–Kier alpha value is -1.60. The van der Waals surface area contributed by atoms with Crippen LogP contribution in [0.25, 0.3) is 0 Å². The molecule has 0 aliphatic heterocycles. The van der Waals surface area contributed by atoms with Gasteiger partial charge in [0.25, 0.3) is 12.3 Å². The van der Waals surface area contributed by atoms with Crippen LogP contribution < -0.4 is 4.74 Å². The molecule has 0 amide bonds. The lowest BCUT2D eigenvalue weighted by atomic mass is 10.1. The molecule has 0 saturated carbocycles. The van der Waals surface area contributed by atoms with Gasteiger partial charge in [-0.15, -0.1) is 0 Å². The Morgan fingerprint density at radius 1 is 1.38 bits per heavy atom. The number of alkyl halides is 5. The second kappa shape index (κ2) is 4.11. The molecule has 0 spiro atoms. The first-order chi connectivity index (χ1) is 7.29. The van der Waals surface area contributed by atoms with Crippen LogP contribution >= 0.6 is 0 Å². The van der Waals surface area contributed by atoms with Gasteiger partial charge in [-0.1, -0.05) is 0 Å². The van der Waals surface area contributed by atoms with Crippen molar-refractivity contribution in [1.29, 1.82) is 0 Å². The molecule has 0 aromatic carbocycles. The first-order valence-corrected chi connectivity index (χ1v) is 3.90. The monoisotopic (exact) mass is 243 g/mol. The number of methoxy groups -OCH3 is 1. The number of hydrogen-bond donors (Lipinski definition) is 1. The highest BCUT2D eigenvalue weighted by Crippen LogP contribution is 2.44. The lowest BCUT2D eigenvalue weighted by Crippen LogP contribution is -2.11. The van der Waals surface area contributed by atoms with Crippen LogP contribution in [-0.4, -0.2) is 17.2 Å². The minimum absolute atomic E-state index is 0.325. The van der Waals surface area contributed by atoms with Gasteiger partial charge in [-0.3, -0.25) is 0 Å². The number of hydrogen-bond acceptors (Lipinski definition) is 3. The fourth-order valence-electron chi connectivity index (χ4n) is 1.11. The van der Waals surface area contributed by atoms with E-state index in [2.05, 4.69) is 9.72 Å². The maximum Gasteiger partial charge on any atom is 0.420 e. The molecule has 0 saturated heterocycles. The molecule has 1 N–H and O–H groups in total. The van der Waals surface area contributed by atoms with Gasteiger partial charge in [-0.2, -0.15) is 13.2 Å². The third kappa shape index (κ3) is 2.15. The largest absolute Gasteiger partial charge is 0.503 e. The summed E-state index contributed by atoms with van der Waals surface area (Å²) >= 11 is 0. The molecule has 0 radical (unpaired) electrons. The number of aromatic hydroxyl groups is 1. The highest BCUT2D eigenvalue weighted by molar-refractivity contribution is 5.47. The zero-order chi connectivity index (χ0) is 12.5. The topological polar surface area (TPSA) is 42.4 Å². The molecule has 0 atom stereocenters. The molecule has 3 nitrogen and oxygen atoms in total. The molecule has 1 heterocycles. The van der Waals surface area contributed by atoms with E-state index in [4.69, 9.17) is 5.11 Å². The molecule has 0 aliphatic rings. The summed E-state index contributed by atoms with van der Waals surface area (Å²) in [5.41, 5.74) is -3.21. The zero-order valence-corrected chi connectivity index (χ0v) is 7.85. The van der Waals surface area contributed by atoms with Crippen molar-refractivity contribution >= 4 is 0 Å². The Balaban J connectivity index is 3.50. The molecule has 0 bridgehead atoms. The van der Waals surface area contributed by atoms with Crippen molar-refractivity contribution in [2.75, 3.05) is 7.11 Å².